The summed E-state index contributed by atoms with van der Waals surface area (Å²) in [6, 6.07) is 13.2. The van der Waals surface area contributed by atoms with Gasteiger partial charge in [0, 0.05) is 17.6 Å². The molecule has 2 rings (SSSR count). The maximum absolute atomic E-state index is 13.6. The van der Waals surface area contributed by atoms with Crippen molar-refractivity contribution < 1.29 is 18.0 Å². The first kappa shape index (κ1) is 27.7. The number of hydrogen-bond acceptors (Lipinski definition) is 4. The van der Waals surface area contributed by atoms with Gasteiger partial charge in [0.1, 0.15) is 12.6 Å². The Balaban J connectivity index is 2.46. The van der Waals surface area contributed by atoms with Crippen LogP contribution in [0, 0.1) is 0 Å². The first-order valence-electron chi connectivity index (χ1n) is 11.2. The van der Waals surface area contributed by atoms with Crippen LogP contribution >= 0.6 is 11.6 Å². The molecule has 0 heterocycles. The third-order valence-electron chi connectivity index (χ3n) is 5.35. The largest absolute Gasteiger partial charge is 0.352 e. The quantitative estimate of drug-likeness (QED) is 0.523. The second-order valence-electron chi connectivity index (χ2n) is 8.97. The molecule has 7 nitrogen and oxygen atoms in total. The molecule has 2 amide bonds. The van der Waals surface area contributed by atoms with Gasteiger partial charge in [-0.15, -0.1) is 0 Å². The number of sulfonamides is 1. The van der Waals surface area contributed by atoms with Gasteiger partial charge in [0.05, 0.1) is 11.9 Å². The molecule has 0 bridgehead atoms. The van der Waals surface area contributed by atoms with E-state index in [-0.39, 0.29) is 24.4 Å². The lowest BCUT2D eigenvalue weighted by Crippen LogP contribution is -2.52. The van der Waals surface area contributed by atoms with E-state index in [1.54, 1.807) is 37.3 Å². The first-order chi connectivity index (χ1) is 15.8. The predicted octanol–water partition coefficient (Wildman–Crippen LogP) is 4.17. The Morgan fingerprint density at radius 1 is 1.00 bits per heavy atom. The fraction of sp³-hybridized carbons (Fsp3) is 0.440. The molecule has 186 valence electrons. The monoisotopic (exact) mass is 507 g/mol. The van der Waals surface area contributed by atoms with E-state index in [1.807, 2.05) is 45.9 Å². The Labute approximate surface area is 208 Å². The Hall–Kier alpha value is -2.58. The number of carbonyl (C=O) groups excluding carboxylic acids is 2. The average molecular weight is 508 g/mol. The van der Waals surface area contributed by atoms with Crippen LogP contribution < -0.4 is 9.62 Å². The third-order valence-corrected chi connectivity index (χ3v) is 6.71. The van der Waals surface area contributed by atoms with Gasteiger partial charge in [0.2, 0.25) is 21.8 Å². The number of amides is 2. The van der Waals surface area contributed by atoms with Gasteiger partial charge < -0.3 is 10.2 Å². The van der Waals surface area contributed by atoms with Crippen LogP contribution in [-0.4, -0.2) is 50.0 Å². The van der Waals surface area contributed by atoms with Crippen molar-refractivity contribution in [2.45, 2.75) is 59.2 Å². The second-order valence-corrected chi connectivity index (χ2v) is 11.3. The van der Waals surface area contributed by atoms with Gasteiger partial charge in [-0.2, -0.15) is 0 Å². The summed E-state index contributed by atoms with van der Waals surface area (Å²) < 4.78 is 26.7. The number of para-hydroxylation sites is 1. The number of nitrogens with zero attached hydrogens (tertiary/aromatic N) is 2. The first-order valence-corrected chi connectivity index (χ1v) is 13.4. The summed E-state index contributed by atoms with van der Waals surface area (Å²) in [5.74, 6) is -0.761. The highest BCUT2D eigenvalue weighted by atomic mass is 35.5. The molecule has 9 heteroatoms. The molecular formula is C25H34ClN3O4S. The Morgan fingerprint density at radius 2 is 1.65 bits per heavy atom. The minimum Gasteiger partial charge on any atom is -0.352 e. The molecule has 0 fully saturated rings. The Kier molecular flexibility index (Phi) is 9.53. The lowest BCUT2D eigenvalue weighted by Gasteiger charge is -2.32. The second kappa shape index (κ2) is 11.7. The fourth-order valence-corrected chi connectivity index (χ4v) is 4.70. The topological polar surface area (TPSA) is 86.8 Å². The number of benzene rings is 2. The highest BCUT2D eigenvalue weighted by Gasteiger charge is 2.31. The molecule has 0 saturated heterocycles. The number of rotatable bonds is 10. The standard InChI is InChI=1S/C25H34ClN3O4S/c1-17(2)22-12-7-8-13-23(22)29(34(6,32)33)16-24(30)28(19(5)25(31)27-18(3)4)15-20-10-9-11-21(26)14-20/h7-14,17-19H,15-16H2,1-6H3,(H,27,31). The van der Waals surface area contributed by atoms with Crippen LogP contribution in [0.3, 0.4) is 0 Å². The zero-order valence-corrected chi connectivity index (χ0v) is 22.2. The summed E-state index contributed by atoms with van der Waals surface area (Å²) in [4.78, 5) is 27.8. The van der Waals surface area contributed by atoms with Crippen molar-refractivity contribution in [3.8, 4) is 0 Å². The van der Waals surface area contributed by atoms with Gasteiger partial charge in [0.25, 0.3) is 0 Å². The summed E-state index contributed by atoms with van der Waals surface area (Å²) in [6.45, 7) is 8.91. The average Bonchev–Trinajstić information content (AvgIpc) is 2.74. The summed E-state index contributed by atoms with van der Waals surface area (Å²) in [5, 5.41) is 3.33. The molecule has 1 atom stereocenters. The van der Waals surface area contributed by atoms with Crippen LogP contribution in [0.25, 0.3) is 0 Å². The molecule has 0 spiro atoms. The van der Waals surface area contributed by atoms with Crippen molar-refractivity contribution in [1.29, 1.82) is 0 Å². The number of carbonyl (C=O) groups is 2. The molecule has 0 aliphatic rings. The molecule has 34 heavy (non-hydrogen) atoms. The van der Waals surface area contributed by atoms with E-state index in [9.17, 15) is 18.0 Å². The highest BCUT2D eigenvalue weighted by molar-refractivity contribution is 7.92. The van der Waals surface area contributed by atoms with Gasteiger partial charge in [-0.3, -0.25) is 13.9 Å². The van der Waals surface area contributed by atoms with Crippen molar-refractivity contribution in [3.63, 3.8) is 0 Å². The van der Waals surface area contributed by atoms with Crippen LogP contribution in [-0.2, 0) is 26.2 Å². The summed E-state index contributed by atoms with van der Waals surface area (Å²) in [5.41, 5.74) is 2.00. The molecular weight excluding hydrogens is 474 g/mol. The molecule has 1 N–H and O–H groups in total. The lowest BCUT2D eigenvalue weighted by atomic mass is 10.0. The lowest BCUT2D eigenvalue weighted by molar-refractivity contribution is -0.139. The van der Waals surface area contributed by atoms with E-state index >= 15 is 0 Å². The number of nitrogens with one attached hydrogen (secondary N) is 1. The fourth-order valence-electron chi connectivity index (χ4n) is 3.62. The maximum Gasteiger partial charge on any atom is 0.244 e. The van der Waals surface area contributed by atoms with Gasteiger partial charge >= 0.3 is 0 Å². The van der Waals surface area contributed by atoms with Crippen molar-refractivity contribution in [3.05, 3.63) is 64.7 Å². The van der Waals surface area contributed by atoms with Crippen LogP contribution in [0.15, 0.2) is 48.5 Å². The molecule has 1 unspecified atom stereocenters. The normalized spacial score (nSPS) is 12.5. The Morgan fingerprint density at radius 3 is 2.21 bits per heavy atom. The van der Waals surface area contributed by atoms with E-state index in [1.165, 1.54) is 4.90 Å². The molecule has 0 radical (unpaired) electrons. The van der Waals surface area contributed by atoms with Crippen LogP contribution in [0.2, 0.25) is 5.02 Å². The number of anilines is 1. The van der Waals surface area contributed by atoms with E-state index in [4.69, 9.17) is 11.6 Å². The van der Waals surface area contributed by atoms with Crippen molar-refractivity contribution in [2.24, 2.45) is 0 Å². The molecule has 2 aromatic carbocycles. The third kappa shape index (κ3) is 7.46. The van der Waals surface area contributed by atoms with Crippen LogP contribution in [0.4, 0.5) is 5.69 Å². The summed E-state index contributed by atoms with van der Waals surface area (Å²) >= 11 is 6.12. The van der Waals surface area contributed by atoms with Gasteiger partial charge in [-0.1, -0.05) is 55.8 Å². The molecule has 0 aromatic heterocycles. The smallest absolute Gasteiger partial charge is 0.244 e. The molecule has 0 aliphatic carbocycles. The van der Waals surface area contributed by atoms with Gasteiger partial charge in [-0.25, -0.2) is 8.42 Å². The number of halogens is 1. The van der Waals surface area contributed by atoms with Crippen molar-refractivity contribution in [1.82, 2.24) is 10.2 Å². The minimum absolute atomic E-state index is 0.0499. The van der Waals surface area contributed by atoms with Crippen molar-refractivity contribution >= 4 is 39.1 Å². The zero-order valence-electron chi connectivity index (χ0n) is 20.6. The predicted molar refractivity (Wildman–Crippen MR) is 137 cm³/mol. The van der Waals surface area contributed by atoms with E-state index in [0.29, 0.717) is 10.7 Å². The highest BCUT2D eigenvalue weighted by Crippen LogP contribution is 2.29. The number of hydrogen-bond donors (Lipinski definition) is 1. The molecule has 0 aliphatic heterocycles. The summed E-state index contributed by atoms with van der Waals surface area (Å²) in [7, 11) is -3.78. The van der Waals surface area contributed by atoms with Gasteiger partial charge in [-0.05, 0) is 56.0 Å². The summed E-state index contributed by atoms with van der Waals surface area (Å²) in [6.07, 6.45) is 1.08. The van der Waals surface area contributed by atoms with Crippen molar-refractivity contribution in [2.75, 3.05) is 17.1 Å². The molecule has 0 saturated carbocycles. The SMILES string of the molecule is CC(C)NC(=O)C(C)N(Cc1cccc(Cl)c1)C(=O)CN(c1ccccc1C(C)C)S(C)(=O)=O. The zero-order chi connectivity index (χ0) is 25.6. The molecule has 2 aromatic rings. The van der Waals surface area contributed by atoms with E-state index in [0.717, 1.165) is 21.7 Å². The Bertz CT molecular complexity index is 1120. The van der Waals surface area contributed by atoms with Gasteiger partial charge in [0.15, 0.2) is 0 Å². The van der Waals surface area contributed by atoms with Crippen LogP contribution in [0.5, 0.6) is 0 Å². The van der Waals surface area contributed by atoms with Crippen LogP contribution in [0.1, 0.15) is 51.7 Å². The van der Waals surface area contributed by atoms with E-state index < -0.39 is 28.5 Å². The van der Waals surface area contributed by atoms with E-state index in [2.05, 4.69) is 5.32 Å². The maximum atomic E-state index is 13.6. The minimum atomic E-state index is -3.78.